The van der Waals surface area contributed by atoms with E-state index in [9.17, 15) is 4.79 Å². The van der Waals surface area contributed by atoms with E-state index in [2.05, 4.69) is 22.9 Å². The Morgan fingerprint density at radius 3 is 2.93 bits per heavy atom. The number of rotatable bonds is 4. The maximum absolute atomic E-state index is 11.8. The Labute approximate surface area is 98.9 Å². The second-order valence-corrected chi connectivity index (χ2v) is 6.70. The van der Waals surface area contributed by atoms with Crippen LogP contribution in [0.5, 0.6) is 0 Å². The zero-order chi connectivity index (χ0) is 10.6. The van der Waals surface area contributed by atoms with E-state index in [4.69, 9.17) is 0 Å². The predicted octanol–water partition coefficient (Wildman–Crippen LogP) is 2.51. The number of carbonyl (C=O) groups is 1. The molecule has 0 N–H and O–H groups in total. The minimum absolute atomic E-state index is 0.241. The van der Waals surface area contributed by atoms with Crippen LogP contribution >= 0.6 is 27.7 Å². The summed E-state index contributed by atoms with van der Waals surface area (Å²) < 4.78 is 0. The Morgan fingerprint density at radius 2 is 2.43 bits per heavy atom. The Hall–Kier alpha value is 0.300. The van der Waals surface area contributed by atoms with Crippen LogP contribution in [0.4, 0.5) is 0 Å². The van der Waals surface area contributed by atoms with E-state index in [0.717, 1.165) is 25.1 Å². The van der Waals surface area contributed by atoms with Crippen molar-refractivity contribution >= 4 is 33.6 Å². The van der Waals surface area contributed by atoms with Crippen LogP contribution in [0.15, 0.2) is 0 Å². The van der Waals surface area contributed by atoms with Crippen LogP contribution in [0.2, 0.25) is 0 Å². The van der Waals surface area contributed by atoms with Gasteiger partial charge in [-0.15, -0.1) is 11.8 Å². The molecule has 1 fully saturated rings. The lowest BCUT2D eigenvalue weighted by molar-refractivity contribution is -0.129. The van der Waals surface area contributed by atoms with Crippen LogP contribution in [0.25, 0.3) is 0 Å². The lowest BCUT2D eigenvalue weighted by atomic mass is 10.2. The maximum atomic E-state index is 11.8. The molecular formula is C10H18BrNOS. The molecule has 1 aliphatic rings. The molecule has 82 valence electrons. The second-order valence-electron chi connectivity index (χ2n) is 3.83. The van der Waals surface area contributed by atoms with E-state index in [1.54, 1.807) is 0 Å². The molecule has 0 aromatic rings. The van der Waals surface area contributed by atoms with Gasteiger partial charge >= 0.3 is 0 Å². The van der Waals surface area contributed by atoms with Crippen LogP contribution in [-0.2, 0) is 4.79 Å². The number of nitrogens with zero attached hydrogens (tertiary/aromatic N) is 1. The van der Waals surface area contributed by atoms with Crippen molar-refractivity contribution in [3.05, 3.63) is 0 Å². The molecule has 0 aromatic carbocycles. The number of carbonyl (C=O) groups excluding carboxylic acids is 1. The predicted molar refractivity (Wildman–Crippen MR) is 66.1 cm³/mol. The van der Waals surface area contributed by atoms with Crippen molar-refractivity contribution in [2.45, 2.75) is 36.3 Å². The molecule has 1 amide bonds. The molecular weight excluding hydrogens is 262 g/mol. The number of amides is 1. The molecule has 1 saturated heterocycles. The van der Waals surface area contributed by atoms with Crippen molar-refractivity contribution in [2.24, 2.45) is 0 Å². The highest BCUT2D eigenvalue weighted by molar-refractivity contribution is 9.09. The maximum Gasteiger partial charge on any atom is 0.235 e. The van der Waals surface area contributed by atoms with Crippen LogP contribution in [0.1, 0.15) is 26.2 Å². The van der Waals surface area contributed by atoms with E-state index >= 15 is 0 Å². The average molecular weight is 280 g/mol. The summed E-state index contributed by atoms with van der Waals surface area (Å²) >= 11 is 5.30. The summed E-state index contributed by atoms with van der Waals surface area (Å²) in [6.07, 6.45) is 3.29. The minimum atomic E-state index is 0.241. The van der Waals surface area contributed by atoms with Crippen molar-refractivity contribution < 1.29 is 4.79 Å². The zero-order valence-corrected chi connectivity index (χ0v) is 11.2. The minimum Gasteiger partial charge on any atom is -0.345 e. The lowest BCUT2D eigenvalue weighted by Crippen LogP contribution is -2.34. The summed E-state index contributed by atoms with van der Waals surface area (Å²) in [6.45, 7) is 2.98. The molecule has 0 aliphatic carbocycles. The molecule has 1 heterocycles. The summed E-state index contributed by atoms with van der Waals surface area (Å²) in [5, 5.41) is 0.241. The highest BCUT2D eigenvalue weighted by atomic mass is 79.9. The first kappa shape index (κ1) is 12.4. The van der Waals surface area contributed by atoms with Gasteiger partial charge in [0.25, 0.3) is 0 Å². The molecule has 4 heteroatoms. The molecule has 2 nitrogen and oxygen atoms in total. The number of thioether (sulfide) groups is 1. The van der Waals surface area contributed by atoms with Gasteiger partial charge < -0.3 is 4.90 Å². The highest BCUT2D eigenvalue weighted by Crippen LogP contribution is 2.27. The molecule has 14 heavy (non-hydrogen) atoms. The summed E-state index contributed by atoms with van der Waals surface area (Å²) in [7, 11) is 1.91. The lowest BCUT2D eigenvalue weighted by Gasteiger charge is -2.20. The van der Waals surface area contributed by atoms with Crippen LogP contribution in [0.3, 0.4) is 0 Å². The Bertz CT molecular complexity index is 193. The number of halogens is 1. The summed E-state index contributed by atoms with van der Waals surface area (Å²) in [5.74, 6) is 1.47. The quantitative estimate of drug-likeness (QED) is 0.737. The zero-order valence-electron chi connectivity index (χ0n) is 8.83. The van der Waals surface area contributed by atoms with Gasteiger partial charge in [-0.2, -0.15) is 0 Å². The molecule has 2 atom stereocenters. The third-order valence-corrected chi connectivity index (χ3v) is 4.27. The van der Waals surface area contributed by atoms with Crippen molar-refractivity contribution in [3.8, 4) is 0 Å². The number of hydrogen-bond donors (Lipinski definition) is 0. The molecule has 1 aliphatic heterocycles. The van der Waals surface area contributed by atoms with Gasteiger partial charge in [-0.25, -0.2) is 0 Å². The summed E-state index contributed by atoms with van der Waals surface area (Å²) in [5.41, 5.74) is 0. The van der Waals surface area contributed by atoms with Crippen LogP contribution in [-0.4, -0.2) is 40.2 Å². The topological polar surface area (TPSA) is 20.3 Å². The van der Waals surface area contributed by atoms with E-state index in [0.29, 0.717) is 10.7 Å². The van der Waals surface area contributed by atoms with Gasteiger partial charge in [-0.1, -0.05) is 22.9 Å². The normalized spacial score (nSPS) is 23.5. The van der Waals surface area contributed by atoms with Crippen molar-refractivity contribution in [1.29, 1.82) is 0 Å². The first-order valence-corrected chi connectivity index (χ1v) is 7.08. The third-order valence-electron chi connectivity index (χ3n) is 2.44. The van der Waals surface area contributed by atoms with Crippen LogP contribution < -0.4 is 0 Å². The smallest absolute Gasteiger partial charge is 0.235 e. The van der Waals surface area contributed by atoms with Crippen molar-refractivity contribution in [2.75, 3.05) is 19.3 Å². The van der Waals surface area contributed by atoms with Gasteiger partial charge in [-0.3, -0.25) is 4.79 Å². The molecule has 0 radical (unpaired) electrons. The molecule has 1 rings (SSSR count). The fourth-order valence-corrected chi connectivity index (χ4v) is 2.98. The Balaban J connectivity index is 2.28. The first-order valence-electron chi connectivity index (χ1n) is 5.12. The van der Waals surface area contributed by atoms with Gasteiger partial charge in [0, 0.05) is 18.4 Å². The Morgan fingerprint density at radius 1 is 1.71 bits per heavy atom. The van der Waals surface area contributed by atoms with Gasteiger partial charge in [0.15, 0.2) is 0 Å². The van der Waals surface area contributed by atoms with Gasteiger partial charge in [0.05, 0.1) is 5.25 Å². The standard InChI is InChI=1S/C10H18BrNOS/c1-8(11)5-6-12(2)10(13)9-4-3-7-14-9/h8-9H,3-7H2,1-2H3. The molecule has 0 bridgehead atoms. The Kier molecular flexibility index (Phi) is 5.31. The van der Waals surface area contributed by atoms with Crippen molar-refractivity contribution in [3.63, 3.8) is 0 Å². The second kappa shape index (κ2) is 6.01. The molecule has 0 spiro atoms. The molecule has 2 unspecified atom stereocenters. The fraction of sp³-hybridized carbons (Fsp3) is 0.900. The summed E-state index contributed by atoms with van der Waals surface area (Å²) in [4.78, 5) is 14.2. The largest absolute Gasteiger partial charge is 0.345 e. The molecule has 0 aromatic heterocycles. The highest BCUT2D eigenvalue weighted by Gasteiger charge is 2.25. The molecule has 0 saturated carbocycles. The van der Waals surface area contributed by atoms with E-state index in [-0.39, 0.29) is 5.25 Å². The number of hydrogen-bond acceptors (Lipinski definition) is 2. The first-order chi connectivity index (χ1) is 6.61. The van der Waals surface area contributed by atoms with E-state index < -0.39 is 0 Å². The van der Waals surface area contributed by atoms with E-state index in [1.807, 2.05) is 23.7 Å². The van der Waals surface area contributed by atoms with Gasteiger partial charge in [0.2, 0.25) is 5.91 Å². The van der Waals surface area contributed by atoms with Crippen LogP contribution in [0, 0.1) is 0 Å². The SMILES string of the molecule is CC(Br)CCN(C)C(=O)C1CCCS1. The third kappa shape index (κ3) is 3.81. The number of alkyl halides is 1. The van der Waals surface area contributed by atoms with Gasteiger partial charge in [0.1, 0.15) is 0 Å². The monoisotopic (exact) mass is 279 g/mol. The van der Waals surface area contributed by atoms with Gasteiger partial charge in [-0.05, 0) is 25.0 Å². The average Bonchev–Trinajstić information content (AvgIpc) is 2.65. The fourth-order valence-electron chi connectivity index (χ4n) is 1.50. The van der Waals surface area contributed by atoms with Crippen molar-refractivity contribution in [1.82, 2.24) is 4.90 Å². The van der Waals surface area contributed by atoms with E-state index in [1.165, 1.54) is 6.42 Å². The summed E-state index contributed by atoms with van der Waals surface area (Å²) in [6, 6.07) is 0.